The molecule has 0 amide bonds. The molecule has 0 saturated carbocycles. The van der Waals surface area contributed by atoms with E-state index in [1.54, 1.807) is 13.8 Å². The number of aliphatic hydroxyl groups is 1. The van der Waals surface area contributed by atoms with E-state index in [-0.39, 0.29) is 0 Å². The van der Waals surface area contributed by atoms with Crippen LogP contribution in [0, 0.1) is 0 Å². The summed E-state index contributed by atoms with van der Waals surface area (Å²) in [6.45, 7) is 3.98. The minimum atomic E-state index is -0.678. The molecule has 0 aliphatic carbocycles. The highest BCUT2D eigenvalue weighted by Gasteiger charge is 2.13. The molecule has 0 aliphatic heterocycles. The smallest absolute Gasteiger partial charge is 0.0930 e. The Morgan fingerprint density at radius 1 is 1.36 bits per heavy atom. The number of hydrogen-bond acceptors (Lipinski definition) is 3. The zero-order valence-corrected chi connectivity index (χ0v) is 8.66. The van der Waals surface area contributed by atoms with Crippen LogP contribution in [-0.4, -0.2) is 10.7 Å². The van der Waals surface area contributed by atoms with Gasteiger partial charge in [0, 0.05) is 6.42 Å². The molecule has 78 valence electrons. The molecule has 14 heavy (non-hydrogen) atoms. The molecule has 0 saturated heterocycles. The molecule has 3 N–H and O–H groups in total. The molecule has 0 fully saturated rings. The first-order chi connectivity index (χ1) is 6.51. The summed E-state index contributed by atoms with van der Waals surface area (Å²) in [5.74, 6) is 4.99. The van der Waals surface area contributed by atoms with Gasteiger partial charge in [0.2, 0.25) is 0 Å². The lowest BCUT2D eigenvalue weighted by Crippen LogP contribution is -2.21. The number of hydrogen-bond donors (Lipinski definition) is 2. The van der Waals surface area contributed by atoms with Crippen molar-refractivity contribution < 1.29 is 9.94 Å². The molecule has 3 heteroatoms. The van der Waals surface area contributed by atoms with Gasteiger partial charge in [0.05, 0.1) is 12.2 Å². The van der Waals surface area contributed by atoms with Crippen LogP contribution < -0.4 is 5.90 Å². The van der Waals surface area contributed by atoms with Crippen LogP contribution in [0.1, 0.15) is 25.0 Å². The van der Waals surface area contributed by atoms with E-state index in [9.17, 15) is 5.11 Å². The van der Waals surface area contributed by atoms with Crippen LogP contribution in [0.25, 0.3) is 0 Å². The van der Waals surface area contributed by atoms with Crippen molar-refractivity contribution in [1.29, 1.82) is 0 Å². The van der Waals surface area contributed by atoms with Gasteiger partial charge in [-0.05, 0) is 25.0 Å². The molecule has 1 aromatic carbocycles. The standard InChI is InChI=1S/C11H17NO2/c1-11(2,13)7-9-4-3-5-10(6-9)8-14-12/h3-6,13H,7-8,12H2,1-2H3. The van der Waals surface area contributed by atoms with Crippen LogP contribution >= 0.6 is 0 Å². The topological polar surface area (TPSA) is 55.5 Å². The average Bonchev–Trinajstić information content (AvgIpc) is 2.02. The lowest BCUT2D eigenvalue weighted by molar-refractivity contribution is 0.0808. The van der Waals surface area contributed by atoms with E-state index in [1.165, 1.54) is 0 Å². The van der Waals surface area contributed by atoms with Gasteiger partial charge in [-0.3, -0.25) is 4.84 Å². The Kier molecular flexibility index (Phi) is 3.63. The molecule has 3 nitrogen and oxygen atoms in total. The first kappa shape index (κ1) is 11.2. The average molecular weight is 195 g/mol. The molecule has 0 radical (unpaired) electrons. The summed E-state index contributed by atoms with van der Waals surface area (Å²) in [4.78, 5) is 4.55. The Balaban J connectivity index is 2.73. The van der Waals surface area contributed by atoms with Gasteiger partial charge in [-0.2, -0.15) is 0 Å². The summed E-state index contributed by atoms with van der Waals surface area (Å²) < 4.78 is 0. The number of rotatable bonds is 4. The molecule has 0 heterocycles. The maximum absolute atomic E-state index is 9.64. The lowest BCUT2D eigenvalue weighted by Gasteiger charge is -2.17. The zero-order valence-electron chi connectivity index (χ0n) is 8.66. The third-order valence-corrected chi connectivity index (χ3v) is 1.88. The summed E-state index contributed by atoms with van der Waals surface area (Å²) >= 11 is 0. The van der Waals surface area contributed by atoms with E-state index in [4.69, 9.17) is 5.90 Å². The largest absolute Gasteiger partial charge is 0.390 e. The first-order valence-corrected chi connectivity index (χ1v) is 4.63. The van der Waals surface area contributed by atoms with Gasteiger partial charge in [-0.25, -0.2) is 5.90 Å². The second-order valence-corrected chi connectivity index (χ2v) is 4.12. The summed E-state index contributed by atoms with van der Waals surface area (Å²) in [6.07, 6.45) is 0.630. The maximum atomic E-state index is 9.64. The van der Waals surface area contributed by atoms with Crippen LogP contribution in [-0.2, 0) is 17.9 Å². The van der Waals surface area contributed by atoms with Crippen LogP contribution in [0.3, 0.4) is 0 Å². The second-order valence-electron chi connectivity index (χ2n) is 4.12. The highest BCUT2D eigenvalue weighted by Crippen LogP contribution is 2.13. The van der Waals surface area contributed by atoms with Crippen molar-refractivity contribution in [3.8, 4) is 0 Å². The van der Waals surface area contributed by atoms with E-state index < -0.39 is 5.60 Å². The Bertz CT molecular complexity index is 292. The number of nitrogens with two attached hydrogens (primary N) is 1. The van der Waals surface area contributed by atoms with E-state index >= 15 is 0 Å². The molecule has 1 aromatic rings. The molecule has 0 bridgehead atoms. The van der Waals surface area contributed by atoms with E-state index in [0.717, 1.165) is 11.1 Å². The van der Waals surface area contributed by atoms with Gasteiger partial charge in [0.1, 0.15) is 0 Å². The Labute approximate surface area is 84.5 Å². The van der Waals surface area contributed by atoms with Crippen molar-refractivity contribution in [3.63, 3.8) is 0 Å². The van der Waals surface area contributed by atoms with Gasteiger partial charge in [0.15, 0.2) is 0 Å². The Morgan fingerprint density at radius 2 is 2.00 bits per heavy atom. The highest BCUT2D eigenvalue weighted by atomic mass is 16.6. The van der Waals surface area contributed by atoms with Gasteiger partial charge in [0.25, 0.3) is 0 Å². The summed E-state index contributed by atoms with van der Waals surface area (Å²) in [5.41, 5.74) is 1.43. The molecule has 0 spiro atoms. The normalized spacial score (nSPS) is 11.7. The van der Waals surface area contributed by atoms with Crippen molar-refractivity contribution in [2.45, 2.75) is 32.5 Å². The molecule has 1 rings (SSSR count). The Hall–Kier alpha value is -0.900. The molecular formula is C11H17NO2. The van der Waals surface area contributed by atoms with Crippen molar-refractivity contribution >= 4 is 0 Å². The third kappa shape index (κ3) is 3.87. The van der Waals surface area contributed by atoms with Crippen LogP contribution in [0.5, 0.6) is 0 Å². The van der Waals surface area contributed by atoms with E-state index in [0.29, 0.717) is 13.0 Å². The van der Waals surface area contributed by atoms with Crippen molar-refractivity contribution in [2.24, 2.45) is 5.90 Å². The molecule has 0 aliphatic rings. The summed E-state index contributed by atoms with van der Waals surface area (Å²) in [5, 5.41) is 9.64. The fourth-order valence-electron chi connectivity index (χ4n) is 1.43. The van der Waals surface area contributed by atoms with Crippen molar-refractivity contribution in [2.75, 3.05) is 0 Å². The maximum Gasteiger partial charge on any atom is 0.0930 e. The Morgan fingerprint density at radius 3 is 2.57 bits per heavy atom. The van der Waals surface area contributed by atoms with E-state index in [1.807, 2.05) is 24.3 Å². The zero-order chi connectivity index (χ0) is 10.6. The minimum absolute atomic E-state index is 0.402. The quantitative estimate of drug-likeness (QED) is 0.714. The second kappa shape index (κ2) is 4.55. The van der Waals surface area contributed by atoms with Crippen LogP contribution in [0.15, 0.2) is 24.3 Å². The predicted molar refractivity (Wildman–Crippen MR) is 55.4 cm³/mol. The molecular weight excluding hydrogens is 178 g/mol. The van der Waals surface area contributed by atoms with Gasteiger partial charge in [-0.15, -0.1) is 0 Å². The SMILES string of the molecule is CC(C)(O)Cc1cccc(CON)c1. The van der Waals surface area contributed by atoms with E-state index in [2.05, 4.69) is 4.84 Å². The summed E-state index contributed by atoms with van der Waals surface area (Å²) in [7, 11) is 0. The van der Waals surface area contributed by atoms with Gasteiger partial charge >= 0.3 is 0 Å². The van der Waals surface area contributed by atoms with Crippen LogP contribution in [0.4, 0.5) is 0 Å². The van der Waals surface area contributed by atoms with Gasteiger partial charge < -0.3 is 5.11 Å². The number of benzene rings is 1. The molecule has 0 aromatic heterocycles. The van der Waals surface area contributed by atoms with Gasteiger partial charge in [-0.1, -0.05) is 24.3 Å². The third-order valence-electron chi connectivity index (χ3n) is 1.88. The summed E-state index contributed by atoms with van der Waals surface area (Å²) in [6, 6.07) is 7.86. The predicted octanol–water partition coefficient (Wildman–Crippen LogP) is 1.39. The lowest BCUT2D eigenvalue weighted by atomic mass is 9.97. The molecule has 0 atom stereocenters. The fraction of sp³-hybridized carbons (Fsp3) is 0.455. The van der Waals surface area contributed by atoms with Crippen molar-refractivity contribution in [3.05, 3.63) is 35.4 Å². The fourth-order valence-corrected chi connectivity index (χ4v) is 1.43. The van der Waals surface area contributed by atoms with Crippen LogP contribution in [0.2, 0.25) is 0 Å². The minimum Gasteiger partial charge on any atom is -0.390 e. The monoisotopic (exact) mass is 195 g/mol. The van der Waals surface area contributed by atoms with Crippen molar-refractivity contribution in [1.82, 2.24) is 0 Å². The highest BCUT2D eigenvalue weighted by molar-refractivity contribution is 5.24. The molecule has 0 unspecified atom stereocenters. The first-order valence-electron chi connectivity index (χ1n) is 4.63.